The SMILES string of the molecule is CCNc1ccc(CN(C)c2ccc(OC)cc2)cn1. The molecule has 1 heterocycles. The van der Waals surface area contributed by atoms with Gasteiger partial charge in [0.1, 0.15) is 11.6 Å². The fraction of sp³-hybridized carbons (Fsp3) is 0.312. The molecule has 0 aliphatic heterocycles. The number of nitrogens with one attached hydrogen (secondary N) is 1. The number of hydrogen-bond acceptors (Lipinski definition) is 4. The van der Waals surface area contributed by atoms with Gasteiger partial charge < -0.3 is 15.0 Å². The molecule has 1 aromatic heterocycles. The predicted octanol–water partition coefficient (Wildman–Crippen LogP) is 3.16. The molecule has 0 unspecified atom stereocenters. The number of nitrogens with zero attached hydrogens (tertiary/aromatic N) is 2. The van der Waals surface area contributed by atoms with E-state index >= 15 is 0 Å². The molecule has 2 aromatic rings. The van der Waals surface area contributed by atoms with Crippen LogP contribution in [-0.4, -0.2) is 25.7 Å². The summed E-state index contributed by atoms with van der Waals surface area (Å²) in [5.41, 5.74) is 2.34. The molecule has 4 heteroatoms. The summed E-state index contributed by atoms with van der Waals surface area (Å²) < 4.78 is 5.17. The van der Waals surface area contributed by atoms with Crippen molar-refractivity contribution < 1.29 is 4.74 Å². The largest absolute Gasteiger partial charge is 0.497 e. The quantitative estimate of drug-likeness (QED) is 0.875. The first-order valence-electron chi connectivity index (χ1n) is 6.77. The van der Waals surface area contributed by atoms with E-state index in [9.17, 15) is 0 Å². The maximum Gasteiger partial charge on any atom is 0.125 e. The normalized spacial score (nSPS) is 10.2. The van der Waals surface area contributed by atoms with Crippen molar-refractivity contribution in [2.45, 2.75) is 13.5 Å². The van der Waals surface area contributed by atoms with E-state index < -0.39 is 0 Å². The van der Waals surface area contributed by atoms with Crippen molar-refractivity contribution in [1.82, 2.24) is 4.98 Å². The average molecular weight is 271 g/mol. The molecule has 4 nitrogen and oxygen atoms in total. The van der Waals surface area contributed by atoms with Crippen LogP contribution in [-0.2, 0) is 6.54 Å². The van der Waals surface area contributed by atoms with Gasteiger partial charge in [0, 0.05) is 32.0 Å². The molecule has 106 valence electrons. The predicted molar refractivity (Wildman–Crippen MR) is 83.5 cm³/mol. The molecule has 0 atom stereocenters. The molecule has 0 saturated carbocycles. The van der Waals surface area contributed by atoms with Gasteiger partial charge in [0.25, 0.3) is 0 Å². The van der Waals surface area contributed by atoms with Gasteiger partial charge in [-0.25, -0.2) is 4.98 Å². The zero-order chi connectivity index (χ0) is 14.4. The summed E-state index contributed by atoms with van der Waals surface area (Å²) in [5, 5.41) is 3.19. The van der Waals surface area contributed by atoms with E-state index in [1.807, 2.05) is 24.4 Å². The Bertz CT molecular complexity index is 522. The van der Waals surface area contributed by atoms with Gasteiger partial charge in [-0.05, 0) is 42.8 Å². The minimum Gasteiger partial charge on any atom is -0.497 e. The third-order valence-electron chi connectivity index (χ3n) is 3.12. The van der Waals surface area contributed by atoms with Crippen molar-refractivity contribution in [1.29, 1.82) is 0 Å². The Labute approximate surface area is 120 Å². The topological polar surface area (TPSA) is 37.4 Å². The summed E-state index contributed by atoms with van der Waals surface area (Å²) in [6.07, 6.45) is 1.91. The molecule has 0 saturated heterocycles. The van der Waals surface area contributed by atoms with Crippen LogP contribution < -0.4 is 15.0 Å². The van der Waals surface area contributed by atoms with Crippen LogP contribution in [0.1, 0.15) is 12.5 Å². The summed E-state index contributed by atoms with van der Waals surface area (Å²) >= 11 is 0. The molecule has 2 rings (SSSR count). The number of benzene rings is 1. The molecular formula is C16H21N3O. The molecule has 0 aliphatic carbocycles. The van der Waals surface area contributed by atoms with E-state index in [1.54, 1.807) is 7.11 Å². The summed E-state index contributed by atoms with van der Waals surface area (Å²) in [5.74, 6) is 1.79. The Morgan fingerprint density at radius 2 is 1.90 bits per heavy atom. The lowest BCUT2D eigenvalue weighted by atomic mass is 10.2. The fourth-order valence-electron chi connectivity index (χ4n) is 2.01. The number of anilines is 2. The van der Waals surface area contributed by atoms with Crippen molar-refractivity contribution >= 4 is 11.5 Å². The number of methoxy groups -OCH3 is 1. The minimum atomic E-state index is 0.825. The zero-order valence-corrected chi connectivity index (χ0v) is 12.3. The Morgan fingerprint density at radius 3 is 2.45 bits per heavy atom. The van der Waals surface area contributed by atoms with Gasteiger partial charge in [0.05, 0.1) is 7.11 Å². The summed E-state index contributed by atoms with van der Waals surface area (Å²) in [6, 6.07) is 12.2. The van der Waals surface area contributed by atoms with Crippen molar-refractivity contribution in [3.05, 3.63) is 48.2 Å². The van der Waals surface area contributed by atoms with E-state index in [-0.39, 0.29) is 0 Å². The van der Waals surface area contributed by atoms with Gasteiger partial charge >= 0.3 is 0 Å². The van der Waals surface area contributed by atoms with Gasteiger partial charge in [0.15, 0.2) is 0 Å². The molecule has 0 spiro atoms. The van der Waals surface area contributed by atoms with E-state index in [0.29, 0.717) is 0 Å². The standard InChI is InChI=1S/C16H21N3O/c1-4-17-16-10-5-13(11-18-16)12-19(2)14-6-8-15(20-3)9-7-14/h5-11H,4,12H2,1-3H3,(H,17,18). The molecule has 1 aromatic carbocycles. The van der Waals surface area contributed by atoms with Crippen molar-refractivity contribution in [2.75, 3.05) is 30.9 Å². The van der Waals surface area contributed by atoms with Crippen LogP contribution in [0.3, 0.4) is 0 Å². The van der Waals surface area contributed by atoms with Gasteiger partial charge in [-0.1, -0.05) is 6.07 Å². The number of hydrogen-bond donors (Lipinski definition) is 1. The summed E-state index contributed by atoms with van der Waals surface area (Å²) in [6.45, 7) is 3.77. The Hall–Kier alpha value is -2.23. The molecule has 0 amide bonds. The first-order chi connectivity index (χ1) is 9.72. The summed E-state index contributed by atoms with van der Waals surface area (Å²) in [7, 11) is 3.75. The molecular weight excluding hydrogens is 250 g/mol. The van der Waals surface area contributed by atoms with Gasteiger partial charge in [-0.3, -0.25) is 0 Å². The second-order valence-corrected chi connectivity index (χ2v) is 4.64. The molecule has 0 fully saturated rings. The van der Waals surface area contributed by atoms with Crippen molar-refractivity contribution in [3.63, 3.8) is 0 Å². The molecule has 0 bridgehead atoms. The lowest BCUT2D eigenvalue weighted by Crippen LogP contribution is -2.16. The maximum atomic E-state index is 5.17. The van der Waals surface area contributed by atoms with Crippen molar-refractivity contribution in [2.24, 2.45) is 0 Å². The highest BCUT2D eigenvalue weighted by atomic mass is 16.5. The monoisotopic (exact) mass is 271 g/mol. The van der Waals surface area contributed by atoms with Crippen molar-refractivity contribution in [3.8, 4) is 5.75 Å². The van der Waals surface area contributed by atoms with Crippen LogP contribution in [0.25, 0.3) is 0 Å². The smallest absolute Gasteiger partial charge is 0.125 e. The van der Waals surface area contributed by atoms with Crippen LogP contribution >= 0.6 is 0 Å². The highest BCUT2D eigenvalue weighted by Gasteiger charge is 2.03. The Balaban J connectivity index is 2.00. The highest BCUT2D eigenvalue weighted by molar-refractivity contribution is 5.49. The number of aromatic nitrogens is 1. The second kappa shape index (κ2) is 6.80. The first kappa shape index (κ1) is 14.2. The Morgan fingerprint density at radius 1 is 1.15 bits per heavy atom. The number of ether oxygens (including phenoxy) is 1. The van der Waals surface area contributed by atoms with Gasteiger partial charge in [0.2, 0.25) is 0 Å². The lowest BCUT2D eigenvalue weighted by Gasteiger charge is -2.19. The summed E-state index contributed by atoms with van der Waals surface area (Å²) in [4.78, 5) is 6.57. The third kappa shape index (κ3) is 3.63. The van der Waals surface area contributed by atoms with E-state index in [4.69, 9.17) is 4.74 Å². The average Bonchev–Trinajstić information content (AvgIpc) is 2.49. The molecule has 0 aliphatic rings. The molecule has 20 heavy (non-hydrogen) atoms. The van der Waals surface area contributed by atoms with Crippen LogP contribution in [0, 0.1) is 0 Å². The van der Waals surface area contributed by atoms with E-state index in [2.05, 4.69) is 47.4 Å². The molecule has 1 N–H and O–H groups in total. The lowest BCUT2D eigenvalue weighted by molar-refractivity contribution is 0.415. The first-order valence-corrected chi connectivity index (χ1v) is 6.77. The van der Waals surface area contributed by atoms with Crippen LogP contribution in [0.4, 0.5) is 11.5 Å². The molecule has 0 radical (unpaired) electrons. The number of pyridine rings is 1. The highest BCUT2D eigenvalue weighted by Crippen LogP contribution is 2.19. The van der Waals surface area contributed by atoms with Crippen LogP contribution in [0.5, 0.6) is 5.75 Å². The van der Waals surface area contributed by atoms with Crippen LogP contribution in [0.2, 0.25) is 0 Å². The fourth-order valence-corrected chi connectivity index (χ4v) is 2.01. The second-order valence-electron chi connectivity index (χ2n) is 4.64. The van der Waals surface area contributed by atoms with Gasteiger partial charge in [-0.2, -0.15) is 0 Å². The van der Waals surface area contributed by atoms with E-state index in [1.165, 1.54) is 5.56 Å². The maximum absolute atomic E-state index is 5.17. The number of rotatable bonds is 6. The van der Waals surface area contributed by atoms with Gasteiger partial charge in [-0.15, -0.1) is 0 Å². The van der Waals surface area contributed by atoms with Crippen LogP contribution in [0.15, 0.2) is 42.6 Å². The Kier molecular flexibility index (Phi) is 4.82. The van der Waals surface area contributed by atoms with E-state index in [0.717, 1.165) is 30.3 Å². The minimum absolute atomic E-state index is 0.825. The zero-order valence-electron chi connectivity index (χ0n) is 12.3. The third-order valence-corrected chi connectivity index (χ3v) is 3.12.